The van der Waals surface area contributed by atoms with Crippen LogP contribution in [0.3, 0.4) is 0 Å². The second-order valence-electron chi connectivity index (χ2n) is 4.06. The minimum absolute atomic E-state index is 0.110. The van der Waals surface area contributed by atoms with E-state index in [1.165, 1.54) is 6.33 Å². The maximum absolute atomic E-state index is 11.8. The van der Waals surface area contributed by atoms with Gasteiger partial charge in [-0.15, -0.1) is 0 Å². The van der Waals surface area contributed by atoms with Gasteiger partial charge in [0.25, 0.3) is 0 Å². The molecule has 0 aliphatic carbocycles. The zero-order valence-electron chi connectivity index (χ0n) is 9.10. The van der Waals surface area contributed by atoms with Gasteiger partial charge < -0.3 is 5.32 Å². The summed E-state index contributed by atoms with van der Waals surface area (Å²) in [5, 5.41) is 5.83. The Morgan fingerprint density at radius 3 is 3.12 bits per heavy atom. The van der Waals surface area contributed by atoms with Crippen molar-refractivity contribution >= 4 is 17.4 Å². The van der Waals surface area contributed by atoms with Gasteiger partial charge in [-0.2, -0.15) is 0 Å². The van der Waals surface area contributed by atoms with Crippen LogP contribution in [0.5, 0.6) is 0 Å². The van der Waals surface area contributed by atoms with Crippen LogP contribution in [-0.2, 0) is 11.2 Å². The molecule has 0 saturated carbocycles. The zero-order valence-corrected chi connectivity index (χ0v) is 9.10. The molecule has 3 rings (SSSR count). The third-order valence-corrected chi connectivity index (χ3v) is 2.80. The van der Waals surface area contributed by atoms with Crippen molar-refractivity contribution in [1.82, 2.24) is 20.6 Å². The molecule has 1 aromatic heterocycles. The Bertz CT molecular complexity index is 536. The van der Waals surface area contributed by atoms with E-state index in [0.29, 0.717) is 24.5 Å². The summed E-state index contributed by atoms with van der Waals surface area (Å²) in [4.78, 5) is 24.2. The molecule has 6 heteroatoms. The summed E-state index contributed by atoms with van der Waals surface area (Å²) < 4.78 is 0. The Hall–Kier alpha value is -2.08. The molecule has 0 radical (unpaired) electrons. The first-order chi connectivity index (χ1) is 8.24. The van der Waals surface area contributed by atoms with Crippen LogP contribution < -0.4 is 10.6 Å². The number of fused-ring (bicyclic) bond motifs is 1. The molecule has 1 fully saturated rings. The van der Waals surface area contributed by atoms with Crippen LogP contribution in [-0.4, -0.2) is 34.2 Å². The first-order valence-electron chi connectivity index (χ1n) is 5.32. The van der Waals surface area contributed by atoms with Crippen molar-refractivity contribution < 1.29 is 4.79 Å². The van der Waals surface area contributed by atoms with Gasteiger partial charge in [0, 0.05) is 30.4 Å². The summed E-state index contributed by atoms with van der Waals surface area (Å²) >= 11 is 0. The Morgan fingerprint density at radius 2 is 2.35 bits per heavy atom. The Kier molecular flexibility index (Phi) is 2.22. The summed E-state index contributed by atoms with van der Waals surface area (Å²) in [7, 11) is 0. The van der Waals surface area contributed by atoms with E-state index < -0.39 is 6.04 Å². The highest BCUT2D eigenvalue weighted by atomic mass is 16.2. The third kappa shape index (κ3) is 1.72. The molecular weight excluding hydrogens is 218 g/mol. The lowest BCUT2D eigenvalue weighted by molar-refractivity contribution is -0.121. The number of nitrogens with zero attached hydrogens (tertiary/aromatic N) is 3. The van der Waals surface area contributed by atoms with Crippen molar-refractivity contribution in [2.75, 3.05) is 6.54 Å². The standard InChI is InChI=1S/C11H11N5O/c1-6-3-13-9(11(17)15-6)8-2-7-4-12-5-14-10(7)16-8/h4-5,9,13H,1-3H2,(H,15,17). The Labute approximate surface area is 97.9 Å². The molecule has 2 N–H and O–H groups in total. The van der Waals surface area contributed by atoms with Gasteiger partial charge in [-0.3, -0.25) is 10.1 Å². The molecule has 86 valence electrons. The van der Waals surface area contributed by atoms with Gasteiger partial charge in [-0.05, 0) is 0 Å². The van der Waals surface area contributed by atoms with Gasteiger partial charge in [-0.25, -0.2) is 15.0 Å². The first kappa shape index (κ1) is 10.1. The highest BCUT2D eigenvalue weighted by Gasteiger charge is 2.31. The largest absolute Gasteiger partial charge is 0.327 e. The number of aromatic nitrogens is 2. The number of carbonyl (C=O) groups excluding carboxylic acids is 1. The fourth-order valence-electron chi connectivity index (χ4n) is 1.99. The molecule has 0 aromatic carbocycles. The number of hydrogen-bond donors (Lipinski definition) is 2. The SMILES string of the molecule is C=C1CNC(C2=Nc3ncncc3C2)C(=O)N1. The number of amides is 1. The molecule has 3 heterocycles. The van der Waals surface area contributed by atoms with Gasteiger partial charge in [-0.1, -0.05) is 6.58 Å². The zero-order chi connectivity index (χ0) is 11.8. The molecule has 17 heavy (non-hydrogen) atoms. The van der Waals surface area contributed by atoms with E-state index in [2.05, 4.69) is 32.2 Å². The number of hydrogen-bond acceptors (Lipinski definition) is 5. The average molecular weight is 229 g/mol. The summed E-state index contributed by atoms with van der Waals surface area (Å²) in [5.41, 5.74) is 2.43. The van der Waals surface area contributed by atoms with E-state index >= 15 is 0 Å². The van der Waals surface area contributed by atoms with Crippen molar-refractivity contribution in [3.63, 3.8) is 0 Å². The summed E-state index contributed by atoms with van der Waals surface area (Å²) in [6.07, 6.45) is 3.81. The molecule has 2 aliphatic rings. The van der Waals surface area contributed by atoms with Crippen LogP contribution in [0.15, 0.2) is 29.8 Å². The van der Waals surface area contributed by atoms with Crippen molar-refractivity contribution in [3.8, 4) is 0 Å². The van der Waals surface area contributed by atoms with Crippen LogP contribution in [0, 0.1) is 0 Å². The number of carbonyl (C=O) groups is 1. The van der Waals surface area contributed by atoms with Crippen molar-refractivity contribution in [2.24, 2.45) is 4.99 Å². The van der Waals surface area contributed by atoms with E-state index in [9.17, 15) is 4.79 Å². The smallest absolute Gasteiger partial charge is 0.247 e. The summed E-state index contributed by atoms with van der Waals surface area (Å²) in [6, 6.07) is -0.394. The van der Waals surface area contributed by atoms with Gasteiger partial charge in [0.15, 0.2) is 5.82 Å². The van der Waals surface area contributed by atoms with E-state index in [1.807, 2.05) is 0 Å². The number of rotatable bonds is 1. The fraction of sp³-hybridized carbons (Fsp3) is 0.273. The summed E-state index contributed by atoms with van der Waals surface area (Å²) in [5.74, 6) is 0.551. The lowest BCUT2D eigenvalue weighted by Crippen LogP contribution is -2.55. The topological polar surface area (TPSA) is 79.3 Å². The highest BCUT2D eigenvalue weighted by Crippen LogP contribution is 2.24. The van der Waals surface area contributed by atoms with Crippen molar-refractivity contribution in [3.05, 3.63) is 30.4 Å². The molecule has 1 unspecified atom stereocenters. The lowest BCUT2D eigenvalue weighted by Gasteiger charge is -2.24. The second-order valence-corrected chi connectivity index (χ2v) is 4.06. The highest BCUT2D eigenvalue weighted by molar-refractivity contribution is 6.12. The van der Waals surface area contributed by atoms with Crippen LogP contribution in [0.25, 0.3) is 0 Å². The quantitative estimate of drug-likeness (QED) is 0.693. The molecule has 1 amide bonds. The second kappa shape index (κ2) is 3.74. The van der Waals surface area contributed by atoms with Crippen molar-refractivity contribution in [2.45, 2.75) is 12.5 Å². The lowest BCUT2D eigenvalue weighted by atomic mass is 10.0. The van der Waals surface area contributed by atoms with Gasteiger partial charge in [0.05, 0.1) is 5.71 Å². The van der Waals surface area contributed by atoms with Gasteiger partial charge >= 0.3 is 0 Å². The monoisotopic (exact) mass is 229 g/mol. The molecule has 2 aliphatic heterocycles. The molecule has 0 spiro atoms. The minimum Gasteiger partial charge on any atom is -0.327 e. The van der Waals surface area contributed by atoms with Crippen LogP contribution in [0.1, 0.15) is 5.56 Å². The molecule has 0 bridgehead atoms. The number of aliphatic imine (C=N–C) groups is 1. The van der Waals surface area contributed by atoms with Crippen LogP contribution >= 0.6 is 0 Å². The van der Waals surface area contributed by atoms with E-state index in [-0.39, 0.29) is 5.91 Å². The molecule has 1 saturated heterocycles. The average Bonchev–Trinajstić information content (AvgIpc) is 2.72. The van der Waals surface area contributed by atoms with Crippen LogP contribution in [0.2, 0.25) is 0 Å². The minimum atomic E-state index is -0.394. The molecule has 1 atom stereocenters. The predicted octanol–water partition coefficient (Wildman–Crippen LogP) is -0.293. The molecule has 1 aromatic rings. The van der Waals surface area contributed by atoms with Crippen LogP contribution in [0.4, 0.5) is 5.82 Å². The normalized spacial score (nSPS) is 23.1. The third-order valence-electron chi connectivity index (χ3n) is 2.80. The number of nitrogens with one attached hydrogen (secondary N) is 2. The number of piperazine rings is 1. The molecular formula is C11H11N5O. The van der Waals surface area contributed by atoms with Gasteiger partial charge in [0.1, 0.15) is 12.4 Å². The maximum atomic E-state index is 11.8. The Balaban J connectivity index is 1.84. The Morgan fingerprint density at radius 1 is 1.47 bits per heavy atom. The fourth-order valence-corrected chi connectivity index (χ4v) is 1.99. The molecule has 6 nitrogen and oxygen atoms in total. The maximum Gasteiger partial charge on any atom is 0.247 e. The van der Waals surface area contributed by atoms with Crippen molar-refractivity contribution in [1.29, 1.82) is 0 Å². The van der Waals surface area contributed by atoms with E-state index in [0.717, 1.165) is 11.3 Å². The van der Waals surface area contributed by atoms with Gasteiger partial charge in [0.2, 0.25) is 5.91 Å². The summed E-state index contributed by atoms with van der Waals surface area (Å²) in [6.45, 7) is 4.28. The van der Waals surface area contributed by atoms with E-state index in [4.69, 9.17) is 0 Å². The predicted molar refractivity (Wildman–Crippen MR) is 61.9 cm³/mol. The van der Waals surface area contributed by atoms with E-state index in [1.54, 1.807) is 6.20 Å². The first-order valence-corrected chi connectivity index (χ1v) is 5.32.